The van der Waals surface area contributed by atoms with Gasteiger partial charge in [-0.15, -0.1) is 10.2 Å². The van der Waals surface area contributed by atoms with Gasteiger partial charge in [-0.1, -0.05) is 66.4 Å². The lowest BCUT2D eigenvalue weighted by Crippen LogP contribution is -2.05. The molecule has 0 saturated heterocycles. The van der Waals surface area contributed by atoms with E-state index >= 15 is 0 Å². The molecule has 5 rings (SSSR count). The van der Waals surface area contributed by atoms with Gasteiger partial charge in [0.2, 0.25) is 6.79 Å². The maximum atomic E-state index is 5.81. The van der Waals surface area contributed by atoms with Gasteiger partial charge in [-0.05, 0) is 36.2 Å². The van der Waals surface area contributed by atoms with Crippen LogP contribution in [0.15, 0.2) is 84.0 Å². The van der Waals surface area contributed by atoms with E-state index in [1.54, 1.807) is 11.8 Å². The van der Waals surface area contributed by atoms with Crippen LogP contribution >= 0.6 is 11.8 Å². The van der Waals surface area contributed by atoms with E-state index < -0.39 is 0 Å². The maximum Gasteiger partial charge on any atom is 0.231 e. The van der Waals surface area contributed by atoms with Crippen molar-refractivity contribution in [3.8, 4) is 28.6 Å². The Balaban J connectivity index is 1.30. The SMILES string of the molecule is c1ccc(OCCCSc2nnc(-c3ccccc3)n2Cc2ccc3c(c2)OCO3)cc1. The summed E-state index contributed by atoms with van der Waals surface area (Å²) in [5.41, 5.74) is 2.15. The summed E-state index contributed by atoms with van der Waals surface area (Å²) in [5, 5.41) is 9.89. The third-order valence-corrected chi connectivity index (χ3v) is 6.11. The van der Waals surface area contributed by atoms with Gasteiger partial charge in [0.05, 0.1) is 13.2 Å². The van der Waals surface area contributed by atoms with Crippen LogP contribution < -0.4 is 14.2 Å². The van der Waals surface area contributed by atoms with Crippen LogP contribution in [-0.4, -0.2) is 33.9 Å². The molecule has 6 nitrogen and oxygen atoms in total. The molecule has 0 atom stereocenters. The Morgan fingerprint density at radius 3 is 2.50 bits per heavy atom. The molecular formula is C25H23N3O3S. The van der Waals surface area contributed by atoms with Gasteiger partial charge in [0.1, 0.15) is 5.75 Å². The van der Waals surface area contributed by atoms with Gasteiger partial charge in [0.25, 0.3) is 0 Å². The summed E-state index contributed by atoms with van der Waals surface area (Å²) >= 11 is 1.70. The zero-order valence-electron chi connectivity index (χ0n) is 17.5. The maximum absolute atomic E-state index is 5.81. The largest absolute Gasteiger partial charge is 0.494 e. The zero-order chi connectivity index (χ0) is 21.6. The van der Waals surface area contributed by atoms with Crippen LogP contribution in [0.3, 0.4) is 0 Å². The van der Waals surface area contributed by atoms with Crippen LogP contribution in [0.4, 0.5) is 0 Å². The van der Waals surface area contributed by atoms with Crippen molar-refractivity contribution >= 4 is 11.8 Å². The highest BCUT2D eigenvalue weighted by Crippen LogP contribution is 2.33. The average Bonchev–Trinajstić information content (AvgIpc) is 3.47. The van der Waals surface area contributed by atoms with E-state index in [0.29, 0.717) is 13.2 Å². The van der Waals surface area contributed by atoms with Gasteiger partial charge in [-0.25, -0.2) is 0 Å². The molecule has 0 fully saturated rings. The van der Waals surface area contributed by atoms with E-state index in [0.717, 1.165) is 51.5 Å². The molecule has 0 saturated carbocycles. The Morgan fingerprint density at radius 2 is 1.66 bits per heavy atom. The van der Waals surface area contributed by atoms with E-state index in [2.05, 4.69) is 33.0 Å². The molecule has 4 aromatic rings. The second-order valence-corrected chi connectivity index (χ2v) is 8.37. The Morgan fingerprint density at radius 1 is 0.875 bits per heavy atom. The lowest BCUT2D eigenvalue weighted by Gasteiger charge is -2.11. The van der Waals surface area contributed by atoms with Gasteiger partial charge in [0, 0.05) is 11.3 Å². The van der Waals surface area contributed by atoms with Gasteiger partial charge >= 0.3 is 0 Å². The fourth-order valence-electron chi connectivity index (χ4n) is 3.49. The van der Waals surface area contributed by atoms with E-state index in [-0.39, 0.29) is 6.79 Å². The number of nitrogens with zero attached hydrogens (tertiary/aromatic N) is 3. The van der Waals surface area contributed by atoms with Gasteiger partial charge < -0.3 is 14.2 Å². The highest BCUT2D eigenvalue weighted by atomic mass is 32.2. The van der Waals surface area contributed by atoms with Crippen molar-refractivity contribution in [2.24, 2.45) is 0 Å². The van der Waals surface area contributed by atoms with Crippen LogP contribution in [0.1, 0.15) is 12.0 Å². The van der Waals surface area contributed by atoms with Crippen LogP contribution in [0.2, 0.25) is 0 Å². The number of aromatic nitrogens is 3. The lowest BCUT2D eigenvalue weighted by molar-refractivity contribution is 0.174. The molecule has 32 heavy (non-hydrogen) atoms. The van der Waals surface area contributed by atoms with E-state index in [4.69, 9.17) is 14.2 Å². The van der Waals surface area contributed by atoms with Gasteiger partial charge in [-0.3, -0.25) is 4.57 Å². The molecule has 1 aliphatic rings. The minimum atomic E-state index is 0.271. The summed E-state index contributed by atoms with van der Waals surface area (Å²) in [6, 6.07) is 26.1. The Kier molecular flexibility index (Phi) is 6.25. The number of para-hydroxylation sites is 1. The number of hydrogen-bond acceptors (Lipinski definition) is 6. The second kappa shape index (κ2) is 9.78. The number of rotatable bonds is 9. The smallest absolute Gasteiger partial charge is 0.231 e. The Bertz CT molecular complexity index is 1170. The van der Waals surface area contributed by atoms with Crippen LogP contribution in [0.5, 0.6) is 17.2 Å². The molecule has 3 aromatic carbocycles. The summed E-state index contributed by atoms with van der Waals surface area (Å²) < 4.78 is 19.0. The number of hydrogen-bond donors (Lipinski definition) is 0. The highest BCUT2D eigenvalue weighted by molar-refractivity contribution is 7.99. The number of benzene rings is 3. The third kappa shape index (κ3) is 4.73. The average molecular weight is 446 g/mol. The first-order valence-electron chi connectivity index (χ1n) is 10.5. The predicted molar refractivity (Wildman–Crippen MR) is 124 cm³/mol. The van der Waals surface area contributed by atoms with Crippen molar-refractivity contribution in [1.82, 2.24) is 14.8 Å². The molecule has 0 amide bonds. The first kappa shape index (κ1) is 20.5. The fourth-order valence-corrected chi connectivity index (χ4v) is 4.34. The standard InChI is InChI=1S/C25H23N3O3S/c1-3-8-20(9-4-1)24-26-27-25(32-15-7-14-29-21-10-5-2-6-11-21)28(24)17-19-12-13-22-23(16-19)31-18-30-22/h1-6,8-13,16H,7,14-15,17-18H2. The first-order chi connectivity index (χ1) is 15.9. The molecule has 7 heteroatoms. The molecule has 0 N–H and O–H groups in total. The van der Waals surface area contributed by atoms with E-state index in [9.17, 15) is 0 Å². The van der Waals surface area contributed by atoms with Gasteiger partial charge in [-0.2, -0.15) is 0 Å². The number of thioether (sulfide) groups is 1. The molecule has 0 radical (unpaired) electrons. The monoisotopic (exact) mass is 445 g/mol. The zero-order valence-corrected chi connectivity index (χ0v) is 18.3. The van der Waals surface area contributed by atoms with Gasteiger partial charge in [0.15, 0.2) is 22.5 Å². The first-order valence-corrected chi connectivity index (χ1v) is 11.5. The molecule has 0 spiro atoms. The Hall–Kier alpha value is -3.45. The van der Waals surface area contributed by atoms with Crippen molar-refractivity contribution in [1.29, 1.82) is 0 Å². The second-order valence-electron chi connectivity index (χ2n) is 7.31. The molecule has 2 heterocycles. The molecule has 1 aromatic heterocycles. The molecule has 162 valence electrons. The van der Waals surface area contributed by atoms with Crippen LogP contribution in [-0.2, 0) is 6.54 Å². The molecule has 1 aliphatic heterocycles. The summed E-state index contributed by atoms with van der Waals surface area (Å²) in [5.74, 6) is 4.21. The van der Waals surface area contributed by atoms with Crippen LogP contribution in [0.25, 0.3) is 11.4 Å². The quantitative estimate of drug-likeness (QED) is 0.258. The normalized spacial score (nSPS) is 12.1. The van der Waals surface area contributed by atoms with Crippen molar-refractivity contribution in [2.75, 3.05) is 19.2 Å². The molecular weight excluding hydrogens is 422 g/mol. The topological polar surface area (TPSA) is 58.4 Å². The minimum Gasteiger partial charge on any atom is -0.494 e. The van der Waals surface area contributed by atoms with Crippen LogP contribution in [0, 0.1) is 0 Å². The lowest BCUT2D eigenvalue weighted by atomic mass is 10.2. The summed E-state index contributed by atoms with van der Waals surface area (Å²) in [6.45, 7) is 1.59. The number of fused-ring (bicyclic) bond motifs is 1. The summed E-state index contributed by atoms with van der Waals surface area (Å²) in [6.07, 6.45) is 0.914. The molecule has 0 aliphatic carbocycles. The van der Waals surface area contributed by atoms with Crippen molar-refractivity contribution < 1.29 is 14.2 Å². The van der Waals surface area contributed by atoms with Crippen molar-refractivity contribution in [3.63, 3.8) is 0 Å². The van der Waals surface area contributed by atoms with Crippen molar-refractivity contribution in [3.05, 3.63) is 84.4 Å². The van der Waals surface area contributed by atoms with E-state index in [1.165, 1.54) is 0 Å². The highest BCUT2D eigenvalue weighted by Gasteiger charge is 2.17. The fraction of sp³-hybridized carbons (Fsp3) is 0.200. The third-order valence-electron chi connectivity index (χ3n) is 5.06. The predicted octanol–water partition coefficient (Wildman–Crippen LogP) is 5.28. The molecule has 0 unspecified atom stereocenters. The minimum absolute atomic E-state index is 0.271. The van der Waals surface area contributed by atoms with E-state index in [1.807, 2.05) is 60.7 Å². The Labute approximate surface area is 191 Å². The summed E-state index contributed by atoms with van der Waals surface area (Å²) in [7, 11) is 0. The summed E-state index contributed by atoms with van der Waals surface area (Å²) in [4.78, 5) is 0. The number of ether oxygens (including phenoxy) is 3. The van der Waals surface area contributed by atoms with Crippen molar-refractivity contribution in [2.45, 2.75) is 18.1 Å². The molecule has 0 bridgehead atoms.